The molecule has 4 aromatic rings. The summed E-state index contributed by atoms with van der Waals surface area (Å²) >= 11 is 5.16. The Balaban J connectivity index is 0.000000392. The Morgan fingerprint density at radius 3 is 1.30 bits per heavy atom. The summed E-state index contributed by atoms with van der Waals surface area (Å²) in [5, 5.41) is 10.4. The SMILES string of the molecule is COCOc1cc(OC)cc(/C=C/C[C@@H]2OC(C)(C)OC2C(/C=C\C(C(C)C)C(F)(F)F)OC(=O)c2ccccc2)c1C(=O)OCC[Si](C)(C)C.COCOc1cc(OC)cc(/C=C/C[C@@H]2OC(C)(C)OC2C(O)/C=C\C(C(C)C)C(F)(F)F)c1C(=O)OCC[Si](C)(C)C.O=C(Cl)c1ccccc1. The van der Waals surface area contributed by atoms with Crippen LogP contribution >= 0.6 is 11.6 Å². The number of rotatable bonds is 33. The molecule has 103 heavy (non-hydrogen) atoms. The lowest BCUT2D eigenvalue weighted by Gasteiger charge is -2.26. The number of hydrogen-bond donors (Lipinski definition) is 1. The van der Waals surface area contributed by atoms with Gasteiger partial charge in [-0.3, -0.25) is 4.79 Å². The number of hydrogen-bond acceptors (Lipinski definition) is 18. The van der Waals surface area contributed by atoms with Crippen molar-refractivity contribution in [2.45, 2.75) is 180 Å². The molecule has 18 nitrogen and oxygen atoms in total. The van der Waals surface area contributed by atoms with Crippen LogP contribution in [0.4, 0.5) is 26.3 Å². The van der Waals surface area contributed by atoms with E-state index in [1.807, 2.05) is 6.07 Å². The van der Waals surface area contributed by atoms with Crippen molar-refractivity contribution in [2.75, 3.05) is 55.2 Å². The van der Waals surface area contributed by atoms with Gasteiger partial charge in [0.05, 0.1) is 57.0 Å². The second-order valence-corrected chi connectivity index (χ2v) is 40.1. The summed E-state index contributed by atoms with van der Waals surface area (Å²) in [6.45, 7) is 26.0. The molecule has 0 bridgehead atoms. The molecule has 2 heterocycles. The van der Waals surface area contributed by atoms with Crippen molar-refractivity contribution in [3.8, 4) is 23.0 Å². The van der Waals surface area contributed by atoms with E-state index >= 15 is 0 Å². The molecular weight excluding hydrogens is 1410 g/mol. The maximum absolute atomic E-state index is 13.9. The highest BCUT2D eigenvalue weighted by Gasteiger charge is 2.48. The molecular formula is C76H103ClF6O18Si2. The monoisotopic (exact) mass is 1510 g/mol. The molecule has 0 aromatic heterocycles. The lowest BCUT2D eigenvalue weighted by molar-refractivity contribution is -0.172. The topological polar surface area (TPSA) is 208 Å². The van der Waals surface area contributed by atoms with Crippen LogP contribution in [0.2, 0.25) is 51.4 Å². The van der Waals surface area contributed by atoms with Gasteiger partial charge in [-0.25, -0.2) is 14.4 Å². The molecule has 6 rings (SSSR count). The Kier molecular flexibility index (Phi) is 34.9. The Bertz CT molecular complexity index is 3440. The van der Waals surface area contributed by atoms with Crippen LogP contribution < -0.4 is 18.9 Å². The van der Waals surface area contributed by atoms with E-state index in [-0.39, 0.29) is 67.8 Å². The highest BCUT2D eigenvalue weighted by molar-refractivity contribution is 6.76. The van der Waals surface area contributed by atoms with Gasteiger partial charge in [0, 0.05) is 48.1 Å². The molecule has 1 N–H and O–H groups in total. The highest BCUT2D eigenvalue weighted by atomic mass is 35.5. The average molecular weight is 1510 g/mol. The van der Waals surface area contributed by atoms with Crippen molar-refractivity contribution in [1.82, 2.24) is 0 Å². The van der Waals surface area contributed by atoms with Crippen LogP contribution in [0.5, 0.6) is 23.0 Å². The molecule has 0 spiro atoms. The molecule has 0 radical (unpaired) electrons. The normalized spacial score (nSPS) is 18.8. The minimum absolute atomic E-state index is 0.104. The minimum atomic E-state index is -4.51. The van der Waals surface area contributed by atoms with Crippen molar-refractivity contribution >= 4 is 63.1 Å². The summed E-state index contributed by atoms with van der Waals surface area (Å²) in [6, 6.07) is 24.9. The van der Waals surface area contributed by atoms with Gasteiger partial charge in [0.25, 0.3) is 5.24 Å². The number of carbonyl (C=O) groups is 4. The van der Waals surface area contributed by atoms with Crippen LogP contribution in [-0.4, -0.2) is 160 Å². The van der Waals surface area contributed by atoms with Gasteiger partial charge >= 0.3 is 30.3 Å². The van der Waals surface area contributed by atoms with Gasteiger partial charge in [-0.05, 0) is 118 Å². The maximum Gasteiger partial charge on any atom is 0.395 e. The lowest BCUT2D eigenvalue weighted by Crippen LogP contribution is -2.38. The van der Waals surface area contributed by atoms with Crippen LogP contribution in [0.3, 0.4) is 0 Å². The number of esters is 3. The zero-order valence-electron chi connectivity index (χ0n) is 62.2. The number of benzene rings is 4. The van der Waals surface area contributed by atoms with Gasteiger partial charge in [-0.15, -0.1) is 0 Å². The number of methoxy groups -OCH3 is 4. The predicted molar refractivity (Wildman–Crippen MR) is 388 cm³/mol. The number of alkyl halides is 6. The Labute approximate surface area is 609 Å². The van der Waals surface area contributed by atoms with Crippen LogP contribution in [0.25, 0.3) is 12.2 Å². The molecule has 0 amide bonds. The summed E-state index contributed by atoms with van der Waals surface area (Å²) in [7, 11) is 2.96. The second-order valence-electron chi connectivity index (χ2n) is 28.5. The fourth-order valence-electron chi connectivity index (χ4n) is 10.5. The molecule has 0 aliphatic carbocycles. The van der Waals surface area contributed by atoms with Gasteiger partial charge in [-0.1, -0.05) is 158 Å². The molecule has 2 aliphatic heterocycles. The number of carbonyl (C=O) groups excluding carboxylic acids is 4. The van der Waals surface area contributed by atoms with Gasteiger partial charge in [0.1, 0.15) is 58.5 Å². The first-order valence-electron chi connectivity index (χ1n) is 33.8. The Hall–Kier alpha value is -6.86. The van der Waals surface area contributed by atoms with Crippen LogP contribution in [0.1, 0.15) is 121 Å². The fraction of sp³-hybridized carbons (Fsp3) is 0.526. The van der Waals surface area contributed by atoms with Gasteiger partial charge in [0.2, 0.25) is 0 Å². The first kappa shape index (κ1) is 88.5. The van der Waals surface area contributed by atoms with Crippen molar-refractivity contribution in [3.05, 3.63) is 155 Å². The Morgan fingerprint density at radius 1 is 0.553 bits per heavy atom. The van der Waals surface area contributed by atoms with Crippen LogP contribution in [0.15, 0.2) is 121 Å². The predicted octanol–water partition coefficient (Wildman–Crippen LogP) is 17.6. The van der Waals surface area contributed by atoms with Crippen LogP contribution in [-0.2, 0) is 42.6 Å². The molecule has 0 saturated carbocycles. The van der Waals surface area contributed by atoms with Gasteiger partial charge in [0.15, 0.2) is 25.2 Å². The number of halogens is 7. The molecule has 27 heteroatoms. The second kappa shape index (κ2) is 40.6. The fourth-order valence-corrected chi connectivity index (χ4v) is 12.1. The van der Waals surface area contributed by atoms with Crippen molar-refractivity contribution < 1.29 is 112 Å². The van der Waals surface area contributed by atoms with E-state index in [1.54, 1.807) is 131 Å². The molecule has 4 aromatic carbocycles. The molecule has 572 valence electrons. The summed E-state index contributed by atoms with van der Waals surface area (Å²) < 4.78 is 156. The smallest absolute Gasteiger partial charge is 0.395 e. The first-order valence-corrected chi connectivity index (χ1v) is 41.6. The third-order valence-corrected chi connectivity index (χ3v) is 19.5. The Morgan fingerprint density at radius 2 is 0.942 bits per heavy atom. The number of aliphatic hydroxyl groups excluding tert-OH is 1. The summed E-state index contributed by atoms with van der Waals surface area (Å²) in [4.78, 5) is 50.3. The van der Waals surface area contributed by atoms with Crippen molar-refractivity contribution in [2.24, 2.45) is 23.7 Å². The number of allylic oxidation sites excluding steroid dienone is 2. The zero-order valence-corrected chi connectivity index (χ0v) is 64.9. The van der Waals surface area contributed by atoms with Crippen molar-refractivity contribution in [1.29, 1.82) is 0 Å². The highest BCUT2D eigenvalue weighted by Crippen LogP contribution is 2.40. The molecule has 8 atom stereocenters. The largest absolute Gasteiger partial charge is 0.497 e. The van der Waals surface area contributed by atoms with Crippen LogP contribution in [0, 0.1) is 23.7 Å². The van der Waals surface area contributed by atoms with E-state index < -0.39 is 124 Å². The van der Waals surface area contributed by atoms with Gasteiger partial charge in [-0.2, -0.15) is 26.3 Å². The third kappa shape index (κ3) is 30.3. The third-order valence-electron chi connectivity index (χ3n) is 15.8. The molecule has 2 aliphatic rings. The van der Waals surface area contributed by atoms with E-state index in [4.69, 9.17) is 73.2 Å². The van der Waals surface area contributed by atoms with E-state index in [0.29, 0.717) is 28.2 Å². The van der Waals surface area contributed by atoms with Crippen molar-refractivity contribution in [3.63, 3.8) is 0 Å². The lowest BCUT2D eigenvalue weighted by atomic mass is 9.93. The zero-order chi connectivity index (χ0) is 77.3. The standard InChI is InChI=1S/C38H51F3O9Si.C31H47F3O8Si.C7H5ClO/c1-25(2)29(38(39,40)41)18-19-30(48-35(42)26-14-11-10-12-15-26)34-31(49-37(3,4)50-34)17-13-16-27-22-28(45-6)23-32(47-24-44-5)33(27)36(43)46-20-21-51(7,8)9;1-20(2)23(31(32,33)34)13-14-24(35)28-25(41-30(3,4)42-28)12-10-11-21-17-22(38-6)18-26(40-19-37-5)27(21)29(36)39-15-16-43(7,8)9;8-7(9)6-4-2-1-3-5-6/h10-16,18-19,22-23,25,29-31,34H,17,20-21,24H2,1-9H3;10-11,13-14,17-18,20,23-25,28,35H,12,15-16,19H2,1-9H3;1-5H/b16-13+,19-18-;11-10+,14-13-;/t29?,30?,31-,34?;23?,24?,25-,28?;/m00./s1. The average Bonchev–Trinajstić information content (AvgIpc) is 1.78. The molecule has 2 saturated heterocycles. The first-order chi connectivity index (χ1) is 48.0. The van der Waals surface area contributed by atoms with Gasteiger partial charge < -0.3 is 66.7 Å². The minimum Gasteiger partial charge on any atom is -0.497 e. The summed E-state index contributed by atoms with van der Waals surface area (Å²) in [6.07, 6.45) is -3.27. The van der Waals surface area contributed by atoms with E-state index in [9.17, 15) is 50.6 Å². The van der Waals surface area contributed by atoms with E-state index in [0.717, 1.165) is 30.3 Å². The van der Waals surface area contributed by atoms with E-state index in [1.165, 1.54) is 62.2 Å². The number of aliphatic hydroxyl groups is 1. The number of ether oxygens (including phenoxy) is 13. The maximum atomic E-state index is 13.9. The van der Waals surface area contributed by atoms with E-state index in [2.05, 4.69) is 39.3 Å². The summed E-state index contributed by atoms with van der Waals surface area (Å²) in [5.74, 6) is -7.75. The molecule has 2 fully saturated rings. The quantitative estimate of drug-likeness (QED) is 0.00894. The molecule has 6 unspecified atom stereocenters. The summed E-state index contributed by atoms with van der Waals surface area (Å²) in [5.41, 5.74) is 2.04.